The molecule has 0 spiro atoms. The number of ether oxygens (including phenoxy) is 1. The van der Waals surface area contributed by atoms with Crippen molar-refractivity contribution in [3.05, 3.63) is 84.1 Å². The molecule has 6 nitrogen and oxygen atoms in total. The Bertz CT molecular complexity index is 1100. The molecule has 0 saturated carbocycles. The van der Waals surface area contributed by atoms with Gasteiger partial charge in [0.05, 0.1) is 5.69 Å². The fourth-order valence-electron chi connectivity index (χ4n) is 3.83. The van der Waals surface area contributed by atoms with Crippen molar-refractivity contribution in [1.82, 2.24) is 9.88 Å². The van der Waals surface area contributed by atoms with E-state index in [0.717, 1.165) is 29.5 Å². The highest BCUT2D eigenvalue weighted by Gasteiger charge is 2.28. The molecule has 1 aromatic heterocycles. The highest BCUT2D eigenvalue weighted by molar-refractivity contribution is 5.99. The van der Waals surface area contributed by atoms with Crippen LogP contribution in [0.2, 0.25) is 0 Å². The zero-order chi connectivity index (χ0) is 23.2. The molecule has 1 N–H and O–H groups in total. The second-order valence-corrected chi connectivity index (χ2v) is 7.78. The quantitative estimate of drug-likeness (QED) is 0.607. The van der Waals surface area contributed by atoms with E-state index in [0.29, 0.717) is 31.6 Å². The minimum Gasteiger partial charge on any atom is -0.381 e. The van der Waals surface area contributed by atoms with Crippen molar-refractivity contribution < 1.29 is 23.1 Å². The van der Waals surface area contributed by atoms with Gasteiger partial charge in [-0.3, -0.25) is 14.6 Å². The van der Waals surface area contributed by atoms with E-state index in [1.807, 2.05) is 30.3 Å². The van der Waals surface area contributed by atoms with Crippen LogP contribution in [0.1, 0.15) is 23.2 Å². The lowest BCUT2D eigenvalue weighted by Crippen LogP contribution is -2.47. The molecule has 0 atom stereocenters. The summed E-state index contributed by atoms with van der Waals surface area (Å²) >= 11 is 0. The first-order valence-corrected chi connectivity index (χ1v) is 10.7. The van der Waals surface area contributed by atoms with Crippen LogP contribution < -0.4 is 5.32 Å². The number of nitrogens with one attached hydrogen (secondary N) is 1. The zero-order valence-electron chi connectivity index (χ0n) is 17.8. The first kappa shape index (κ1) is 22.5. The van der Waals surface area contributed by atoms with Gasteiger partial charge in [0.25, 0.3) is 5.91 Å². The summed E-state index contributed by atoms with van der Waals surface area (Å²) in [5, 5.41) is 2.48. The van der Waals surface area contributed by atoms with Crippen molar-refractivity contribution in [1.29, 1.82) is 0 Å². The maximum Gasteiger partial charge on any atom is 0.254 e. The molecule has 33 heavy (non-hydrogen) atoms. The summed E-state index contributed by atoms with van der Waals surface area (Å²) in [4.78, 5) is 31.8. The number of pyridine rings is 1. The van der Waals surface area contributed by atoms with Gasteiger partial charge in [-0.25, -0.2) is 8.78 Å². The van der Waals surface area contributed by atoms with E-state index >= 15 is 0 Å². The molecule has 0 unspecified atom stereocenters. The Morgan fingerprint density at radius 2 is 1.70 bits per heavy atom. The lowest BCUT2D eigenvalue weighted by molar-refractivity contribution is -0.117. The average Bonchev–Trinajstić information content (AvgIpc) is 2.83. The van der Waals surface area contributed by atoms with Gasteiger partial charge in [-0.15, -0.1) is 0 Å². The number of hydrogen-bond donors (Lipinski definition) is 1. The largest absolute Gasteiger partial charge is 0.381 e. The predicted octanol–water partition coefficient (Wildman–Crippen LogP) is 4.29. The molecule has 8 heteroatoms. The number of aromatic nitrogens is 1. The van der Waals surface area contributed by atoms with E-state index in [2.05, 4.69) is 10.3 Å². The third-order valence-corrected chi connectivity index (χ3v) is 5.45. The minimum absolute atomic E-state index is 0.00316. The van der Waals surface area contributed by atoms with E-state index in [-0.39, 0.29) is 24.2 Å². The molecule has 2 amide bonds. The third-order valence-electron chi connectivity index (χ3n) is 5.45. The molecule has 1 aliphatic rings. The van der Waals surface area contributed by atoms with Gasteiger partial charge in [0.15, 0.2) is 0 Å². The summed E-state index contributed by atoms with van der Waals surface area (Å²) in [7, 11) is 0. The van der Waals surface area contributed by atoms with Crippen LogP contribution in [-0.2, 0) is 9.53 Å². The topological polar surface area (TPSA) is 71.5 Å². The van der Waals surface area contributed by atoms with Crippen molar-refractivity contribution in [3.63, 3.8) is 0 Å². The number of amides is 2. The smallest absolute Gasteiger partial charge is 0.254 e. The second kappa shape index (κ2) is 10.3. The SMILES string of the molecule is O=C(CN(C(=O)c1ccc(-c2ccccn2)cc1)C1CCOCC1)Nc1cc(F)cc(F)c1. The minimum atomic E-state index is -0.796. The molecule has 3 aromatic rings. The highest BCUT2D eigenvalue weighted by atomic mass is 19.1. The summed E-state index contributed by atoms with van der Waals surface area (Å²) in [6, 6.07) is 15.2. The van der Waals surface area contributed by atoms with Crippen LogP contribution in [-0.4, -0.2) is 47.5 Å². The Morgan fingerprint density at radius 1 is 1.00 bits per heavy atom. The molecule has 2 aromatic carbocycles. The fraction of sp³-hybridized carbons (Fsp3) is 0.240. The fourth-order valence-corrected chi connectivity index (χ4v) is 3.83. The van der Waals surface area contributed by atoms with E-state index in [1.54, 1.807) is 18.3 Å². The van der Waals surface area contributed by atoms with Gasteiger partial charge in [0.1, 0.15) is 18.2 Å². The molecule has 1 aliphatic heterocycles. The van der Waals surface area contributed by atoms with Crippen LogP contribution in [0.4, 0.5) is 14.5 Å². The van der Waals surface area contributed by atoms with Crippen molar-refractivity contribution in [2.45, 2.75) is 18.9 Å². The molecular formula is C25H23F2N3O3. The van der Waals surface area contributed by atoms with Crippen LogP contribution in [0.3, 0.4) is 0 Å². The summed E-state index contributed by atoms with van der Waals surface area (Å²) in [6.45, 7) is 0.733. The van der Waals surface area contributed by atoms with Crippen molar-refractivity contribution in [2.24, 2.45) is 0 Å². The Kier molecular flexibility index (Phi) is 7.04. The van der Waals surface area contributed by atoms with Crippen molar-refractivity contribution in [3.8, 4) is 11.3 Å². The average molecular weight is 451 g/mol. The lowest BCUT2D eigenvalue weighted by atomic mass is 10.0. The number of anilines is 1. The summed E-state index contributed by atoms with van der Waals surface area (Å²) in [6.07, 6.45) is 2.89. The van der Waals surface area contributed by atoms with Crippen LogP contribution in [0.5, 0.6) is 0 Å². The Morgan fingerprint density at radius 3 is 2.33 bits per heavy atom. The standard InChI is InChI=1S/C25H23F2N3O3/c26-19-13-20(27)15-21(14-19)29-24(31)16-30(22-8-11-33-12-9-22)25(32)18-6-4-17(5-7-18)23-3-1-2-10-28-23/h1-7,10,13-15,22H,8-9,11-12,16H2,(H,29,31). The summed E-state index contributed by atoms with van der Waals surface area (Å²) < 4.78 is 32.3. The number of carbonyl (C=O) groups excluding carboxylic acids is 2. The zero-order valence-corrected chi connectivity index (χ0v) is 17.8. The van der Waals surface area contributed by atoms with Gasteiger partial charge in [-0.05, 0) is 49.2 Å². The molecular weight excluding hydrogens is 428 g/mol. The van der Waals surface area contributed by atoms with E-state index < -0.39 is 17.5 Å². The summed E-state index contributed by atoms with van der Waals surface area (Å²) in [5.74, 6) is -2.42. The predicted molar refractivity (Wildman–Crippen MR) is 120 cm³/mol. The monoisotopic (exact) mass is 451 g/mol. The van der Waals surface area contributed by atoms with Gasteiger partial charge < -0.3 is 15.0 Å². The number of rotatable bonds is 6. The number of hydrogen-bond acceptors (Lipinski definition) is 4. The highest BCUT2D eigenvalue weighted by Crippen LogP contribution is 2.21. The van der Waals surface area contributed by atoms with Crippen LogP contribution in [0, 0.1) is 11.6 Å². The molecule has 1 fully saturated rings. The van der Waals surface area contributed by atoms with Crippen LogP contribution >= 0.6 is 0 Å². The molecule has 170 valence electrons. The first-order chi connectivity index (χ1) is 16.0. The van der Waals surface area contributed by atoms with Gasteiger partial charge >= 0.3 is 0 Å². The second-order valence-electron chi connectivity index (χ2n) is 7.78. The molecule has 1 saturated heterocycles. The molecule has 0 bridgehead atoms. The number of nitrogens with zero attached hydrogens (tertiary/aromatic N) is 2. The van der Waals surface area contributed by atoms with E-state index in [1.165, 1.54) is 4.90 Å². The van der Waals surface area contributed by atoms with E-state index in [9.17, 15) is 18.4 Å². The van der Waals surface area contributed by atoms with Crippen molar-refractivity contribution in [2.75, 3.05) is 25.1 Å². The number of halogens is 2. The molecule has 0 radical (unpaired) electrons. The summed E-state index contributed by atoms with van der Waals surface area (Å²) in [5.41, 5.74) is 2.09. The van der Waals surface area contributed by atoms with Gasteiger partial charge in [0.2, 0.25) is 5.91 Å². The maximum absolute atomic E-state index is 13.5. The number of carbonyl (C=O) groups is 2. The molecule has 2 heterocycles. The van der Waals surface area contributed by atoms with Crippen LogP contribution in [0.25, 0.3) is 11.3 Å². The van der Waals surface area contributed by atoms with Gasteiger partial charge in [-0.1, -0.05) is 18.2 Å². The molecule has 0 aliphatic carbocycles. The van der Waals surface area contributed by atoms with E-state index in [4.69, 9.17) is 4.74 Å². The first-order valence-electron chi connectivity index (χ1n) is 10.7. The van der Waals surface area contributed by atoms with Gasteiger partial charge in [0, 0.05) is 48.3 Å². The Labute approximate surface area is 190 Å². The maximum atomic E-state index is 13.5. The normalized spacial score (nSPS) is 14.0. The van der Waals surface area contributed by atoms with Crippen molar-refractivity contribution >= 4 is 17.5 Å². The molecule has 4 rings (SSSR count). The van der Waals surface area contributed by atoms with Gasteiger partial charge in [-0.2, -0.15) is 0 Å². The number of benzene rings is 2. The third kappa shape index (κ3) is 5.78. The van der Waals surface area contributed by atoms with Crippen LogP contribution in [0.15, 0.2) is 66.9 Å². The lowest BCUT2D eigenvalue weighted by Gasteiger charge is -2.34. The Hall–Kier alpha value is -3.65. The Balaban J connectivity index is 1.52.